The van der Waals surface area contributed by atoms with E-state index in [0.29, 0.717) is 49.5 Å². The zero-order chi connectivity index (χ0) is 26.4. The molecule has 3 aromatic rings. The van der Waals surface area contributed by atoms with Gasteiger partial charge in [-0.15, -0.1) is 0 Å². The van der Waals surface area contributed by atoms with Crippen molar-refractivity contribution in [2.24, 2.45) is 0 Å². The minimum absolute atomic E-state index is 0.0115. The van der Waals surface area contributed by atoms with Crippen LogP contribution in [0.3, 0.4) is 0 Å². The van der Waals surface area contributed by atoms with E-state index in [9.17, 15) is 9.59 Å². The van der Waals surface area contributed by atoms with Crippen LogP contribution in [0.4, 0.5) is 11.4 Å². The number of pyridine rings is 1. The number of methoxy groups -OCH3 is 1. The number of aromatic nitrogens is 3. The Balaban J connectivity index is 1.29. The van der Waals surface area contributed by atoms with E-state index in [-0.39, 0.29) is 23.7 Å². The maximum Gasteiger partial charge on any atom is 0.261 e. The maximum absolute atomic E-state index is 13.7. The molecule has 5 heterocycles. The second-order valence-corrected chi connectivity index (χ2v) is 10.7. The molecule has 0 aliphatic carbocycles. The highest BCUT2D eigenvalue weighted by atomic mass is 16.5. The number of aryl methyl sites for hydroxylation is 1. The molecule has 2 fully saturated rings. The fourth-order valence-electron chi connectivity index (χ4n) is 5.43. The normalized spacial score (nSPS) is 22.3. The van der Waals surface area contributed by atoms with Gasteiger partial charge in [0, 0.05) is 45.0 Å². The van der Waals surface area contributed by atoms with Crippen LogP contribution in [-0.4, -0.2) is 66.6 Å². The van der Waals surface area contributed by atoms with Gasteiger partial charge in [0.25, 0.3) is 5.56 Å². The van der Waals surface area contributed by atoms with Gasteiger partial charge in [-0.1, -0.05) is 0 Å². The molecule has 1 N–H and O–H groups in total. The van der Waals surface area contributed by atoms with E-state index >= 15 is 0 Å². The van der Waals surface area contributed by atoms with Crippen LogP contribution < -0.4 is 15.8 Å². The third-order valence-corrected chi connectivity index (χ3v) is 7.79. The molecule has 2 saturated heterocycles. The highest BCUT2D eigenvalue weighted by Gasteiger charge is 2.40. The lowest BCUT2D eigenvalue weighted by molar-refractivity contribution is -0.119. The Bertz CT molecular complexity index is 1450. The maximum atomic E-state index is 13.7. The molecule has 0 radical (unpaired) electrons. The number of hydrogen-bond acceptors (Lipinski definition) is 8. The number of nitrogens with zero attached hydrogens (tertiary/aromatic N) is 4. The molecule has 3 aliphatic rings. The van der Waals surface area contributed by atoms with Gasteiger partial charge in [0.2, 0.25) is 5.91 Å². The summed E-state index contributed by atoms with van der Waals surface area (Å²) in [7, 11) is 1.68. The molecule has 0 spiro atoms. The van der Waals surface area contributed by atoms with Crippen molar-refractivity contribution < 1.29 is 19.0 Å². The van der Waals surface area contributed by atoms with E-state index in [1.165, 1.54) is 0 Å². The van der Waals surface area contributed by atoms with E-state index in [1.54, 1.807) is 17.9 Å². The molecular weight excluding hydrogens is 486 g/mol. The number of carbonyl (C=O) groups excluding carboxylic acids is 1. The Kier molecular flexibility index (Phi) is 6.41. The summed E-state index contributed by atoms with van der Waals surface area (Å²) in [6, 6.07) is 7.81. The van der Waals surface area contributed by atoms with Crippen molar-refractivity contribution in [2.45, 2.75) is 50.9 Å². The fraction of sp³-hybridized carbons (Fsp3) is 0.500. The third-order valence-electron chi connectivity index (χ3n) is 7.79. The highest BCUT2D eigenvalue weighted by molar-refractivity contribution is 6.04. The number of ether oxygens (including phenoxy) is 3. The average molecular weight is 520 g/mol. The Morgan fingerprint density at radius 1 is 1.18 bits per heavy atom. The van der Waals surface area contributed by atoms with E-state index in [4.69, 9.17) is 19.2 Å². The average Bonchev–Trinajstić information content (AvgIpc) is 3.10. The molecule has 6 rings (SSSR count). The second-order valence-electron chi connectivity index (χ2n) is 10.7. The van der Waals surface area contributed by atoms with E-state index in [1.807, 2.05) is 38.1 Å². The van der Waals surface area contributed by atoms with Crippen LogP contribution in [0.1, 0.15) is 43.5 Å². The number of anilines is 2. The molecule has 2 atom stereocenters. The van der Waals surface area contributed by atoms with Gasteiger partial charge < -0.3 is 24.4 Å². The molecule has 2 aromatic heterocycles. The smallest absolute Gasteiger partial charge is 0.261 e. The zero-order valence-electron chi connectivity index (χ0n) is 22.0. The second kappa shape index (κ2) is 9.76. The first-order valence-electron chi connectivity index (χ1n) is 13.2. The van der Waals surface area contributed by atoms with Gasteiger partial charge >= 0.3 is 0 Å². The quantitative estimate of drug-likeness (QED) is 0.508. The van der Waals surface area contributed by atoms with Crippen LogP contribution >= 0.6 is 0 Å². The standard InChI is InChI=1S/C28H33N5O5/c1-28(2)24-22(31-27(28)35)12-17(14-29-24)6-8-33-25(23-7-10-38-23)30-21-13-18(4-5-20(21)26(33)34)32-9-11-37-19(15-32)16-36-3/h4-5,12-14,19,23H,6-11,15-16H2,1-3H3,(H,31,35)/t19-,23+/m1/s1. The fourth-order valence-corrected chi connectivity index (χ4v) is 5.43. The molecule has 38 heavy (non-hydrogen) atoms. The summed E-state index contributed by atoms with van der Waals surface area (Å²) in [6.07, 6.45) is 3.03. The SMILES string of the molecule is COC[C@H]1CN(c2ccc3c(=O)n(CCc4cnc5c(c4)NC(=O)C5(C)C)c([C@@H]4CCO4)nc3c2)CCO1. The largest absolute Gasteiger partial charge is 0.382 e. The number of hydrogen-bond donors (Lipinski definition) is 1. The number of amides is 1. The monoisotopic (exact) mass is 519 g/mol. The molecule has 1 aromatic carbocycles. The number of carbonyl (C=O) groups is 1. The molecule has 1 amide bonds. The molecule has 10 heteroatoms. The van der Waals surface area contributed by atoms with E-state index in [0.717, 1.165) is 42.1 Å². The first-order chi connectivity index (χ1) is 18.3. The van der Waals surface area contributed by atoms with Crippen LogP contribution in [0.15, 0.2) is 35.3 Å². The number of fused-ring (bicyclic) bond motifs is 2. The van der Waals surface area contributed by atoms with E-state index < -0.39 is 5.41 Å². The first-order valence-corrected chi connectivity index (χ1v) is 13.2. The Hall–Kier alpha value is -3.34. The van der Waals surface area contributed by atoms with Crippen LogP contribution in [0.25, 0.3) is 10.9 Å². The lowest BCUT2D eigenvalue weighted by Gasteiger charge is -2.34. The van der Waals surface area contributed by atoms with Gasteiger partial charge in [-0.25, -0.2) is 4.98 Å². The van der Waals surface area contributed by atoms with Gasteiger partial charge in [-0.2, -0.15) is 0 Å². The van der Waals surface area contributed by atoms with Crippen LogP contribution in [0.5, 0.6) is 0 Å². The molecule has 3 aliphatic heterocycles. The summed E-state index contributed by atoms with van der Waals surface area (Å²) < 4.78 is 18.6. The van der Waals surface area contributed by atoms with E-state index in [2.05, 4.69) is 15.2 Å². The minimum atomic E-state index is -0.646. The van der Waals surface area contributed by atoms with Crippen LogP contribution in [0.2, 0.25) is 0 Å². The van der Waals surface area contributed by atoms with Gasteiger partial charge in [-0.3, -0.25) is 19.1 Å². The number of benzene rings is 1. The van der Waals surface area contributed by atoms with Crippen molar-refractivity contribution in [3.8, 4) is 0 Å². The topological polar surface area (TPSA) is 108 Å². The predicted molar refractivity (Wildman–Crippen MR) is 143 cm³/mol. The minimum Gasteiger partial charge on any atom is -0.382 e. The van der Waals surface area contributed by atoms with Crippen molar-refractivity contribution in [2.75, 3.05) is 50.2 Å². The summed E-state index contributed by atoms with van der Waals surface area (Å²) >= 11 is 0. The van der Waals surface area contributed by atoms with Crippen molar-refractivity contribution in [3.63, 3.8) is 0 Å². The summed E-state index contributed by atoms with van der Waals surface area (Å²) in [5, 5.41) is 3.51. The number of rotatable bonds is 7. The van der Waals surface area contributed by atoms with Gasteiger partial charge in [0.1, 0.15) is 11.9 Å². The molecule has 0 saturated carbocycles. The van der Waals surface area contributed by atoms with Crippen molar-refractivity contribution in [1.29, 1.82) is 0 Å². The molecule has 0 bridgehead atoms. The van der Waals surface area contributed by atoms with Crippen LogP contribution in [0, 0.1) is 0 Å². The predicted octanol–water partition coefficient (Wildman–Crippen LogP) is 2.58. The lowest BCUT2D eigenvalue weighted by atomic mass is 9.90. The van der Waals surface area contributed by atoms with Gasteiger partial charge in [0.05, 0.1) is 53.6 Å². The summed E-state index contributed by atoms with van der Waals surface area (Å²) in [6.45, 7) is 7.51. The third kappa shape index (κ3) is 4.36. The molecule has 10 nitrogen and oxygen atoms in total. The van der Waals surface area contributed by atoms with Crippen LogP contribution in [-0.2, 0) is 37.4 Å². The molecule has 200 valence electrons. The highest BCUT2D eigenvalue weighted by Crippen LogP contribution is 2.36. The molecular formula is C28H33N5O5. The summed E-state index contributed by atoms with van der Waals surface area (Å²) in [5.74, 6) is 0.607. The van der Waals surface area contributed by atoms with Gasteiger partial charge in [0.15, 0.2) is 0 Å². The molecule has 0 unspecified atom stereocenters. The van der Waals surface area contributed by atoms with Crippen molar-refractivity contribution >= 4 is 28.2 Å². The summed E-state index contributed by atoms with van der Waals surface area (Å²) in [4.78, 5) is 37.8. The Morgan fingerprint density at radius 2 is 2.03 bits per heavy atom. The Morgan fingerprint density at radius 3 is 2.79 bits per heavy atom. The number of nitrogens with one attached hydrogen (secondary N) is 1. The van der Waals surface area contributed by atoms with Gasteiger partial charge in [-0.05, 0) is 50.1 Å². The number of morpholine rings is 1. The zero-order valence-corrected chi connectivity index (χ0v) is 22.0. The Labute approximate surface area is 220 Å². The van der Waals surface area contributed by atoms with Crippen molar-refractivity contribution in [1.82, 2.24) is 14.5 Å². The van der Waals surface area contributed by atoms with Crippen molar-refractivity contribution in [3.05, 3.63) is 57.9 Å². The first kappa shape index (κ1) is 25.0. The summed E-state index contributed by atoms with van der Waals surface area (Å²) in [5.41, 5.74) is 3.41. The lowest BCUT2D eigenvalue weighted by Crippen LogP contribution is -2.44.